The summed E-state index contributed by atoms with van der Waals surface area (Å²) < 4.78 is 0. The number of phenolic OH excluding ortho intramolecular Hbond substituents is 2. The van der Waals surface area contributed by atoms with Crippen molar-refractivity contribution in [2.45, 2.75) is 0 Å². The lowest BCUT2D eigenvalue weighted by Crippen LogP contribution is -1.88. The number of hydrogen-bond donors (Lipinski definition) is 4. The lowest BCUT2D eigenvalue weighted by atomic mass is 10.1. The SMILES string of the molecule is Oc1ccc2[nH]cc(-c3cnc(-c4c[nH]c5ccc(O)cc45)cn3)c2c1. The van der Waals surface area contributed by atoms with Crippen molar-refractivity contribution in [2.75, 3.05) is 0 Å². The van der Waals surface area contributed by atoms with Crippen LogP contribution in [-0.4, -0.2) is 30.1 Å². The number of hydrogen-bond acceptors (Lipinski definition) is 4. The number of aromatic amines is 2. The van der Waals surface area contributed by atoms with Crippen LogP contribution in [0.4, 0.5) is 0 Å². The lowest BCUT2D eigenvalue weighted by molar-refractivity contribution is 0.475. The Morgan fingerprint density at radius 2 is 1.12 bits per heavy atom. The molecule has 0 unspecified atom stereocenters. The molecule has 0 aliphatic rings. The van der Waals surface area contributed by atoms with Gasteiger partial charge in [-0.2, -0.15) is 0 Å². The molecule has 4 N–H and O–H groups in total. The van der Waals surface area contributed by atoms with Gasteiger partial charge < -0.3 is 20.2 Å². The molecule has 0 aliphatic heterocycles. The van der Waals surface area contributed by atoms with Crippen LogP contribution >= 0.6 is 0 Å². The maximum Gasteiger partial charge on any atom is 0.116 e. The fourth-order valence-corrected chi connectivity index (χ4v) is 3.25. The van der Waals surface area contributed by atoms with Crippen molar-refractivity contribution >= 4 is 21.8 Å². The van der Waals surface area contributed by atoms with Crippen LogP contribution < -0.4 is 0 Å². The van der Waals surface area contributed by atoms with Crippen LogP contribution in [0.1, 0.15) is 0 Å². The van der Waals surface area contributed by atoms with Crippen LogP contribution in [0.5, 0.6) is 11.5 Å². The predicted octanol–water partition coefficient (Wildman–Crippen LogP) is 4.18. The Hall–Kier alpha value is -3.80. The summed E-state index contributed by atoms with van der Waals surface area (Å²) in [6.45, 7) is 0. The zero-order chi connectivity index (χ0) is 17.7. The van der Waals surface area contributed by atoms with Gasteiger partial charge in [0.25, 0.3) is 0 Å². The molecule has 5 rings (SSSR count). The van der Waals surface area contributed by atoms with Crippen LogP contribution in [0.3, 0.4) is 0 Å². The van der Waals surface area contributed by atoms with Gasteiger partial charge in [0.1, 0.15) is 11.5 Å². The molecule has 3 heterocycles. The van der Waals surface area contributed by atoms with Crippen LogP contribution in [0, 0.1) is 0 Å². The summed E-state index contributed by atoms with van der Waals surface area (Å²) in [4.78, 5) is 15.4. The maximum absolute atomic E-state index is 9.74. The predicted molar refractivity (Wildman–Crippen MR) is 99.9 cm³/mol. The van der Waals surface area contributed by atoms with E-state index in [2.05, 4.69) is 19.9 Å². The number of fused-ring (bicyclic) bond motifs is 2. The number of benzene rings is 2. The number of phenols is 2. The third-order valence-corrected chi connectivity index (χ3v) is 4.53. The molecule has 26 heavy (non-hydrogen) atoms. The molecule has 0 aliphatic carbocycles. The largest absolute Gasteiger partial charge is 0.508 e. The Balaban J connectivity index is 1.60. The van der Waals surface area contributed by atoms with Gasteiger partial charge in [0.2, 0.25) is 0 Å². The summed E-state index contributed by atoms with van der Waals surface area (Å²) in [5.74, 6) is 0.419. The van der Waals surface area contributed by atoms with E-state index in [1.54, 1.807) is 36.7 Å². The van der Waals surface area contributed by atoms with Gasteiger partial charge >= 0.3 is 0 Å². The summed E-state index contributed by atoms with van der Waals surface area (Å²) in [6.07, 6.45) is 7.14. The molecular weight excluding hydrogens is 328 g/mol. The highest BCUT2D eigenvalue weighted by atomic mass is 16.3. The first-order chi connectivity index (χ1) is 12.7. The van der Waals surface area contributed by atoms with E-state index < -0.39 is 0 Å². The van der Waals surface area contributed by atoms with Gasteiger partial charge in [-0.05, 0) is 36.4 Å². The molecule has 2 aromatic carbocycles. The highest BCUT2D eigenvalue weighted by molar-refractivity contribution is 5.97. The Bertz CT molecular complexity index is 1150. The first-order valence-corrected chi connectivity index (χ1v) is 8.12. The molecule has 6 heteroatoms. The number of aromatic hydroxyl groups is 2. The zero-order valence-corrected chi connectivity index (χ0v) is 13.6. The molecule has 0 saturated carbocycles. The van der Waals surface area contributed by atoms with Crippen molar-refractivity contribution in [3.8, 4) is 34.0 Å². The Morgan fingerprint density at radius 1 is 0.654 bits per heavy atom. The second-order valence-corrected chi connectivity index (χ2v) is 6.15. The standard InChI is InChI=1S/C20H14N4O2/c25-11-1-3-17-13(5-11)15(7-21-17)19-9-24-20(10-23-19)16-8-22-18-4-2-12(26)6-14(16)18/h1-10,21-22,25-26H. The van der Waals surface area contributed by atoms with Crippen molar-refractivity contribution in [3.05, 3.63) is 61.2 Å². The smallest absolute Gasteiger partial charge is 0.116 e. The van der Waals surface area contributed by atoms with Gasteiger partial charge in [-0.25, -0.2) is 0 Å². The highest BCUT2D eigenvalue weighted by Crippen LogP contribution is 2.32. The van der Waals surface area contributed by atoms with Crippen molar-refractivity contribution < 1.29 is 10.2 Å². The van der Waals surface area contributed by atoms with Crippen LogP contribution in [0.15, 0.2) is 61.2 Å². The molecule has 5 aromatic rings. The number of aromatic nitrogens is 4. The van der Waals surface area contributed by atoms with Crippen LogP contribution in [-0.2, 0) is 0 Å². The summed E-state index contributed by atoms with van der Waals surface area (Å²) in [7, 11) is 0. The molecule has 0 fully saturated rings. The molecule has 0 saturated heterocycles. The minimum atomic E-state index is 0.210. The lowest BCUT2D eigenvalue weighted by Gasteiger charge is -2.02. The maximum atomic E-state index is 9.74. The van der Waals surface area contributed by atoms with E-state index in [-0.39, 0.29) is 11.5 Å². The van der Waals surface area contributed by atoms with Gasteiger partial charge in [0, 0.05) is 45.3 Å². The monoisotopic (exact) mass is 342 g/mol. The van der Waals surface area contributed by atoms with Gasteiger partial charge in [-0.3, -0.25) is 9.97 Å². The summed E-state index contributed by atoms with van der Waals surface area (Å²) in [6, 6.07) is 10.4. The molecule has 3 aromatic heterocycles. The van der Waals surface area contributed by atoms with E-state index in [1.165, 1.54) is 0 Å². The van der Waals surface area contributed by atoms with Crippen molar-refractivity contribution in [1.82, 2.24) is 19.9 Å². The third kappa shape index (κ3) is 2.20. The molecule has 0 bridgehead atoms. The fraction of sp³-hybridized carbons (Fsp3) is 0. The minimum Gasteiger partial charge on any atom is -0.508 e. The molecule has 0 spiro atoms. The highest BCUT2D eigenvalue weighted by Gasteiger charge is 2.12. The van der Waals surface area contributed by atoms with E-state index in [9.17, 15) is 10.2 Å². The molecule has 0 amide bonds. The van der Waals surface area contributed by atoms with E-state index in [4.69, 9.17) is 0 Å². The van der Waals surface area contributed by atoms with Crippen molar-refractivity contribution in [1.29, 1.82) is 0 Å². The van der Waals surface area contributed by atoms with E-state index >= 15 is 0 Å². The quantitative estimate of drug-likeness (QED) is 0.387. The van der Waals surface area contributed by atoms with Crippen LogP contribution in [0.2, 0.25) is 0 Å². The van der Waals surface area contributed by atoms with E-state index in [0.717, 1.165) is 32.9 Å². The van der Waals surface area contributed by atoms with E-state index in [0.29, 0.717) is 11.4 Å². The number of H-pyrrole nitrogens is 2. The second kappa shape index (κ2) is 5.35. The first kappa shape index (κ1) is 14.5. The molecule has 6 nitrogen and oxygen atoms in total. The summed E-state index contributed by atoms with van der Waals surface area (Å²) in [5, 5.41) is 21.3. The topological polar surface area (TPSA) is 97.8 Å². The molecule has 0 radical (unpaired) electrons. The fourth-order valence-electron chi connectivity index (χ4n) is 3.25. The van der Waals surface area contributed by atoms with Gasteiger partial charge in [0.15, 0.2) is 0 Å². The first-order valence-electron chi connectivity index (χ1n) is 8.12. The van der Waals surface area contributed by atoms with Crippen molar-refractivity contribution in [2.24, 2.45) is 0 Å². The molecular formula is C20H14N4O2. The molecule has 0 atom stereocenters. The van der Waals surface area contributed by atoms with E-state index in [1.807, 2.05) is 24.5 Å². The Labute approximate surface area is 147 Å². The normalized spacial score (nSPS) is 11.4. The number of nitrogens with zero attached hydrogens (tertiary/aromatic N) is 2. The van der Waals surface area contributed by atoms with Gasteiger partial charge in [-0.15, -0.1) is 0 Å². The third-order valence-electron chi connectivity index (χ3n) is 4.53. The average molecular weight is 342 g/mol. The second-order valence-electron chi connectivity index (χ2n) is 6.15. The van der Waals surface area contributed by atoms with Crippen LogP contribution in [0.25, 0.3) is 44.3 Å². The Morgan fingerprint density at radius 3 is 1.54 bits per heavy atom. The minimum absolute atomic E-state index is 0.210. The Kier molecular flexibility index (Phi) is 2.99. The number of rotatable bonds is 2. The molecule has 126 valence electrons. The van der Waals surface area contributed by atoms with Gasteiger partial charge in [-0.1, -0.05) is 0 Å². The van der Waals surface area contributed by atoms with Gasteiger partial charge in [0.05, 0.1) is 23.8 Å². The summed E-state index contributed by atoms with van der Waals surface area (Å²) in [5.41, 5.74) is 5.05. The zero-order valence-electron chi connectivity index (χ0n) is 13.6. The average Bonchev–Trinajstić information content (AvgIpc) is 3.25. The summed E-state index contributed by atoms with van der Waals surface area (Å²) >= 11 is 0. The van der Waals surface area contributed by atoms with Crippen molar-refractivity contribution in [3.63, 3.8) is 0 Å². The number of nitrogens with one attached hydrogen (secondary N) is 2.